The second-order valence-electron chi connectivity index (χ2n) is 10.1. The lowest BCUT2D eigenvalue weighted by atomic mass is 9.96. The Kier molecular flexibility index (Phi) is 9.11. The van der Waals surface area contributed by atoms with Crippen LogP contribution in [-0.2, 0) is 20.7 Å². The highest BCUT2D eigenvalue weighted by atomic mass is 16.6. The van der Waals surface area contributed by atoms with Crippen molar-refractivity contribution in [1.82, 2.24) is 15.5 Å². The monoisotopic (exact) mass is 461 g/mol. The summed E-state index contributed by atoms with van der Waals surface area (Å²) in [7, 11) is 0. The standard InChI is InChI=1S/C25H39N3O5/c1-25(2,3)27-23(30)21-11-7-8-13-28(21)16-22(29)20(15-18-9-5-4-6-10-18)26-24(31)33-19-12-14-32-17-19/h4-6,9-10,19-22,29H,7-8,11-17H2,1-3H3,(H,26,31)(H,27,30)/t19-,20-,21?,22+/m0/s1. The molecule has 184 valence electrons. The van der Waals surface area contributed by atoms with Gasteiger partial charge in [0.2, 0.25) is 5.91 Å². The third-order valence-corrected chi connectivity index (χ3v) is 6.06. The molecule has 3 N–H and O–H groups in total. The Morgan fingerprint density at radius 3 is 2.64 bits per heavy atom. The number of aliphatic hydroxyl groups excluding tert-OH is 1. The second kappa shape index (κ2) is 11.8. The maximum atomic E-state index is 12.9. The summed E-state index contributed by atoms with van der Waals surface area (Å²) in [6.45, 7) is 7.92. The molecule has 8 nitrogen and oxygen atoms in total. The molecule has 0 radical (unpaired) electrons. The van der Waals surface area contributed by atoms with Crippen LogP contribution < -0.4 is 10.6 Å². The number of ether oxygens (including phenoxy) is 2. The number of alkyl carbamates (subject to hydrolysis) is 1. The first kappa shape index (κ1) is 25.5. The zero-order valence-electron chi connectivity index (χ0n) is 20.1. The van der Waals surface area contributed by atoms with Gasteiger partial charge in [0.25, 0.3) is 0 Å². The van der Waals surface area contributed by atoms with Crippen molar-refractivity contribution < 1.29 is 24.2 Å². The van der Waals surface area contributed by atoms with Crippen LogP contribution in [0.5, 0.6) is 0 Å². The van der Waals surface area contributed by atoms with Crippen LogP contribution in [0.1, 0.15) is 52.0 Å². The van der Waals surface area contributed by atoms with E-state index in [0.717, 1.165) is 31.4 Å². The van der Waals surface area contributed by atoms with Gasteiger partial charge < -0.3 is 25.2 Å². The van der Waals surface area contributed by atoms with Crippen LogP contribution in [0.15, 0.2) is 30.3 Å². The molecule has 1 unspecified atom stereocenters. The minimum absolute atomic E-state index is 0.0115. The molecule has 0 aliphatic carbocycles. The quantitative estimate of drug-likeness (QED) is 0.549. The third kappa shape index (κ3) is 8.28. The topological polar surface area (TPSA) is 100 Å². The number of likely N-dealkylation sites (tertiary alicyclic amines) is 1. The van der Waals surface area contributed by atoms with Crippen molar-refractivity contribution >= 4 is 12.0 Å². The number of benzene rings is 1. The van der Waals surface area contributed by atoms with Gasteiger partial charge in [-0.15, -0.1) is 0 Å². The number of aliphatic hydroxyl groups is 1. The number of hydrogen-bond acceptors (Lipinski definition) is 6. The number of β-amino-alcohol motifs (C(OH)–C–C–N with tert-alkyl or cyclic N) is 1. The lowest BCUT2D eigenvalue weighted by molar-refractivity contribution is -0.129. The average molecular weight is 462 g/mol. The third-order valence-electron chi connectivity index (χ3n) is 6.06. The molecule has 0 bridgehead atoms. The average Bonchev–Trinajstić information content (AvgIpc) is 3.26. The highest BCUT2D eigenvalue weighted by Crippen LogP contribution is 2.20. The molecule has 2 heterocycles. The first-order valence-corrected chi connectivity index (χ1v) is 12.0. The van der Waals surface area contributed by atoms with Crippen molar-refractivity contribution in [2.45, 2.75) is 82.7 Å². The van der Waals surface area contributed by atoms with Crippen molar-refractivity contribution in [2.24, 2.45) is 0 Å². The molecule has 2 fully saturated rings. The number of nitrogens with zero attached hydrogens (tertiary/aromatic N) is 1. The molecule has 0 spiro atoms. The normalized spacial score (nSPS) is 23.5. The van der Waals surface area contributed by atoms with Crippen molar-refractivity contribution in [1.29, 1.82) is 0 Å². The summed E-state index contributed by atoms with van der Waals surface area (Å²) in [5.74, 6) is -0.0115. The van der Waals surface area contributed by atoms with Gasteiger partial charge in [-0.3, -0.25) is 9.69 Å². The van der Waals surface area contributed by atoms with Crippen LogP contribution in [0.2, 0.25) is 0 Å². The minimum atomic E-state index is -0.861. The molecule has 1 aromatic rings. The predicted molar refractivity (Wildman–Crippen MR) is 126 cm³/mol. The minimum Gasteiger partial charge on any atom is -0.444 e. The molecule has 2 amide bonds. The fourth-order valence-electron chi connectivity index (χ4n) is 4.42. The Bertz CT molecular complexity index is 761. The molecule has 0 saturated carbocycles. The lowest BCUT2D eigenvalue weighted by Gasteiger charge is -2.38. The molecule has 33 heavy (non-hydrogen) atoms. The molecular weight excluding hydrogens is 422 g/mol. The number of piperidine rings is 1. The lowest BCUT2D eigenvalue weighted by Crippen LogP contribution is -2.57. The Morgan fingerprint density at radius 1 is 1.21 bits per heavy atom. The Labute approximate surface area is 197 Å². The maximum Gasteiger partial charge on any atom is 0.407 e. The van der Waals surface area contributed by atoms with Crippen LogP contribution in [0.3, 0.4) is 0 Å². The van der Waals surface area contributed by atoms with Crippen molar-refractivity contribution in [2.75, 3.05) is 26.3 Å². The van der Waals surface area contributed by atoms with Crippen LogP contribution in [0.25, 0.3) is 0 Å². The number of rotatable bonds is 8. The van der Waals surface area contributed by atoms with E-state index in [9.17, 15) is 14.7 Å². The highest BCUT2D eigenvalue weighted by Gasteiger charge is 2.34. The van der Waals surface area contributed by atoms with Crippen molar-refractivity contribution in [3.05, 3.63) is 35.9 Å². The predicted octanol–water partition coefficient (Wildman–Crippen LogP) is 2.24. The molecule has 1 aromatic carbocycles. The van der Waals surface area contributed by atoms with Gasteiger partial charge >= 0.3 is 6.09 Å². The van der Waals surface area contributed by atoms with Gasteiger partial charge in [-0.05, 0) is 52.1 Å². The van der Waals surface area contributed by atoms with Gasteiger partial charge in [-0.25, -0.2) is 4.79 Å². The molecule has 0 aromatic heterocycles. The Hall–Kier alpha value is -2.16. The first-order chi connectivity index (χ1) is 15.7. The van der Waals surface area contributed by atoms with Gasteiger partial charge in [-0.1, -0.05) is 36.8 Å². The van der Waals surface area contributed by atoms with E-state index in [2.05, 4.69) is 10.6 Å². The Balaban J connectivity index is 1.67. The van der Waals surface area contributed by atoms with Crippen LogP contribution in [0.4, 0.5) is 4.79 Å². The van der Waals surface area contributed by atoms with Crippen LogP contribution in [-0.4, -0.2) is 78.1 Å². The summed E-state index contributed by atoms with van der Waals surface area (Å²) >= 11 is 0. The number of nitrogens with one attached hydrogen (secondary N) is 2. The summed E-state index contributed by atoms with van der Waals surface area (Å²) in [6, 6.07) is 8.91. The molecule has 2 aliphatic rings. The summed E-state index contributed by atoms with van der Waals surface area (Å²) in [5.41, 5.74) is 0.691. The SMILES string of the molecule is CC(C)(C)NC(=O)C1CCCCN1C[C@@H](O)[C@H](Cc1ccccc1)NC(=O)O[C@H]1CCOC1. The molecule has 2 saturated heterocycles. The molecule has 8 heteroatoms. The second-order valence-corrected chi connectivity index (χ2v) is 10.1. The van der Waals surface area contributed by atoms with Crippen LogP contribution in [0, 0.1) is 0 Å². The number of carbonyl (C=O) groups is 2. The molecule has 3 rings (SSSR count). The summed E-state index contributed by atoms with van der Waals surface area (Å²) < 4.78 is 10.7. The number of hydrogen-bond donors (Lipinski definition) is 3. The van der Waals surface area contributed by atoms with E-state index < -0.39 is 18.2 Å². The van der Waals surface area contributed by atoms with Gasteiger partial charge in [-0.2, -0.15) is 0 Å². The van der Waals surface area contributed by atoms with Crippen molar-refractivity contribution in [3.63, 3.8) is 0 Å². The van der Waals surface area contributed by atoms with Crippen LogP contribution >= 0.6 is 0 Å². The largest absolute Gasteiger partial charge is 0.444 e. The van der Waals surface area contributed by atoms with E-state index in [1.165, 1.54) is 0 Å². The van der Waals surface area contributed by atoms with Gasteiger partial charge in [0.1, 0.15) is 6.10 Å². The van der Waals surface area contributed by atoms with E-state index in [0.29, 0.717) is 32.6 Å². The van der Waals surface area contributed by atoms with Gasteiger partial charge in [0, 0.05) is 18.5 Å². The van der Waals surface area contributed by atoms with E-state index in [4.69, 9.17) is 9.47 Å². The summed E-state index contributed by atoms with van der Waals surface area (Å²) in [5, 5.41) is 17.1. The zero-order valence-corrected chi connectivity index (χ0v) is 20.1. The fraction of sp³-hybridized carbons (Fsp3) is 0.680. The highest BCUT2D eigenvalue weighted by molar-refractivity contribution is 5.82. The van der Waals surface area contributed by atoms with Crippen molar-refractivity contribution in [3.8, 4) is 0 Å². The summed E-state index contributed by atoms with van der Waals surface area (Å²) in [6.07, 6.45) is 2.19. The zero-order chi connectivity index (χ0) is 23.8. The smallest absolute Gasteiger partial charge is 0.407 e. The molecular formula is C25H39N3O5. The van der Waals surface area contributed by atoms with E-state index in [1.54, 1.807) is 0 Å². The van der Waals surface area contributed by atoms with Gasteiger partial charge in [0.05, 0.1) is 31.4 Å². The Morgan fingerprint density at radius 2 is 1.97 bits per heavy atom. The van der Waals surface area contributed by atoms with Gasteiger partial charge in [0.15, 0.2) is 0 Å². The fourth-order valence-corrected chi connectivity index (χ4v) is 4.42. The maximum absolute atomic E-state index is 12.9. The molecule has 4 atom stereocenters. The van der Waals surface area contributed by atoms with E-state index in [-0.39, 0.29) is 23.6 Å². The molecule has 2 aliphatic heterocycles. The first-order valence-electron chi connectivity index (χ1n) is 12.0. The number of carbonyl (C=O) groups excluding carboxylic acids is 2. The van der Waals surface area contributed by atoms with E-state index >= 15 is 0 Å². The summed E-state index contributed by atoms with van der Waals surface area (Å²) in [4.78, 5) is 27.5. The van der Waals surface area contributed by atoms with E-state index in [1.807, 2.05) is 56.0 Å². The number of amides is 2.